The molecule has 0 aromatic heterocycles. The van der Waals surface area contributed by atoms with E-state index in [0.29, 0.717) is 29.4 Å². The Morgan fingerprint density at radius 1 is 1.53 bits per heavy atom. The monoisotopic (exact) mass is 256 g/mol. The Bertz CT molecular complexity index is 456. The maximum Gasteiger partial charge on any atom is 0.303 e. The van der Waals surface area contributed by atoms with Crippen molar-refractivity contribution in [3.63, 3.8) is 0 Å². The Hall–Kier alpha value is -1.42. The summed E-state index contributed by atoms with van der Waals surface area (Å²) < 4.78 is 10.5. The minimum atomic E-state index is -0.792. The number of benzene rings is 1. The number of aryl methyl sites for hydroxylation is 1. The van der Waals surface area contributed by atoms with Crippen molar-refractivity contribution >= 4 is 17.6 Å². The van der Waals surface area contributed by atoms with Crippen molar-refractivity contribution in [1.82, 2.24) is 0 Å². The molecule has 5 heteroatoms. The van der Waals surface area contributed by atoms with E-state index >= 15 is 0 Å². The second-order valence-corrected chi connectivity index (χ2v) is 4.35. The van der Waals surface area contributed by atoms with Gasteiger partial charge in [0.2, 0.25) is 6.79 Å². The standard InChI is InChI=1S/C12H13ClO4/c1-7-5-9-12(17-6-16-9)11(13)8(7)3-2-4-10(14)15/h5H,2-4,6H2,1H3,(H,14,15). The molecule has 17 heavy (non-hydrogen) atoms. The number of carboxylic acids is 1. The van der Waals surface area contributed by atoms with Gasteiger partial charge in [0.1, 0.15) is 0 Å². The van der Waals surface area contributed by atoms with E-state index in [4.69, 9.17) is 26.2 Å². The summed E-state index contributed by atoms with van der Waals surface area (Å²) >= 11 is 6.22. The van der Waals surface area contributed by atoms with Crippen LogP contribution in [0.1, 0.15) is 24.0 Å². The van der Waals surface area contributed by atoms with E-state index in [0.717, 1.165) is 11.1 Å². The summed E-state index contributed by atoms with van der Waals surface area (Å²) in [5.41, 5.74) is 1.95. The SMILES string of the molecule is Cc1cc2c(c(Cl)c1CCCC(=O)O)OCO2. The molecule has 1 heterocycles. The fourth-order valence-electron chi connectivity index (χ4n) is 1.88. The van der Waals surface area contributed by atoms with E-state index in [1.165, 1.54) is 0 Å². The number of fused-ring (bicyclic) bond motifs is 1. The molecule has 0 radical (unpaired) electrons. The van der Waals surface area contributed by atoms with Gasteiger partial charge >= 0.3 is 5.97 Å². The van der Waals surface area contributed by atoms with Gasteiger partial charge in [-0.25, -0.2) is 0 Å². The fourth-order valence-corrected chi connectivity index (χ4v) is 2.28. The number of rotatable bonds is 4. The highest BCUT2D eigenvalue weighted by molar-refractivity contribution is 6.33. The molecule has 2 rings (SSSR count). The zero-order chi connectivity index (χ0) is 12.4. The van der Waals surface area contributed by atoms with Gasteiger partial charge < -0.3 is 14.6 Å². The van der Waals surface area contributed by atoms with Gasteiger partial charge in [-0.3, -0.25) is 4.79 Å². The van der Waals surface area contributed by atoms with E-state index in [1.807, 2.05) is 13.0 Å². The lowest BCUT2D eigenvalue weighted by atomic mass is 10.0. The smallest absolute Gasteiger partial charge is 0.303 e. The molecule has 1 aliphatic rings. The highest BCUT2D eigenvalue weighted by Crippen LogP contribution is 2.42. The number of hydrogen-bond donors (Lipinski definition) is 1. The van der Waals surface area contributed by atoms with Crippen LogP contribution in [0.4, 0.5) is 0 Å². The minimum absolute atomic E-state index is 0.143. The first-order valence-corrected chi connectivity index (χ1v) is 5.76. The van der Waals surface area contributed by atoms with Crippen LogP contribution in [0.15, 0.2) is 6.07 Å². The lowest BCUT2D eigenvalue weighted by Crippen LogP contribution is -1.98. The number of ether oxygens (including phenoxy) is 2. The predicted octanol–water partition coefficient (Wildman–Crippen LogP) is 2.78. The van der Waals surface area contributed by atoms with Gasteiger partial charge in [-0.1, -0.05) is 11.6 Å². The molecule has 1 N–H and O–H groups in total. The molecule has 0 atom stereocenters. The molecule has 0 aliphatic carbocycles. The third-order valence-electron chi connectivity index (χ3n) is 2.75. The van der Waals surface area contributed by atoms with Crippen molar-refractivity contribution in [2.24, 2.45) is 0 Å². The molecule has 1 aliphatic heterocycles. The highest BCUT2D eigenvalue weighted by Gasteiger charge is 2.21. The van der Waals surface area contributed by atoms with Gasteiger partial charge in [0.15, 0.2) is 11.5 Å². The van der Waals surface area contributed by atoms with E-state index in [2.05, 4.69) is 0 Å². The largest absolute Gasteiger partial charge is 0.481 e. The van der Waals surface area contributed by atoms with Crippen molar-refractivity contribution in [2.45, 2.75) is 26.2 Å². The second-order valence-electron chi connectivity index (χ2n) is 3.97. The molecule has 0 amide bonds. The molecular formula is C12H13ClO4. The van der Waals surface area contributed by atoms with Crippen molar-refractivity contribution in [3.8, 4) is 11.5 Å². The molecule has 0 bridgehead atoms. The topological polar surface area (TPSA) is 55.8 Å². The molecule has 0 saturated heterocycles. The lowest BCUT2D eigenvalue weighted by Gasteiger charge is -2.10. The Morgan fingerprint density at radius 2 is 2.29 bits per heavy atom. The van der Waals surface area contributed by atoms with E-state index in [-0.39, 0.29) is 13.2 Å². The number of carboxylic acid groups (broad SMARTS) is 1. The quantitative estimate of drug-likeness (QED) is 0.900. The summed E-state index contributed by atoms with van der Waals surface area (Å²) in [6, 6.07) is 1.88. The van der Waals surface area contributed by atoms with Crippen LogP contribution in [-0.4, -0.2) is 17.9 Å². The first-order chi connectivity index (χ1) is 8.09. The Labute approximate surface area is 104 Å². The highest BCUT2D eigenvalue weighted by atomic mass is 35.5. The summed E-state index contributed by atoms with van der Waals surface area (Å²) in [6.45, 7) is 2.12. The summed E-state index contributed by atoms with van der Waals surface area (Å²) in [4.78, 5) is 10.5. The Balaban J connectivity index is 2.19. The average molecular weight is 257 g/mol. The van der Waals surface area contributed by atoms with Gasteiger partial charge in [0, 0.05) is 6.42 Å². The molecular weight excluding hydrogens is 244 g/mol. The lowest BCUT2D eigenvalue weighted by molar-refractivity contribution is -0.137. The number of halogens is 1. The fraction of sp³-hybridized carbons (Fsp3) is 0.417. The third kappa shape index (κ3) is 2.47. The van der Waals surface area contributed by atoms with Crippen LogP contribution in [0, 0.1) is 6.92 Å². The molecule has 1 aromatic carbocycles. The van der Waals surface area contributed by atoms with Crippen molar-refractivity contribution in [3.05, 3.63) is 22.2 Å². The minimum Gasteiger partial charge on any atom is -0.481 e. The van der Waals surface area contributed by atoms with Crippen molar-refractivity contribution in [1.29, 1.82) is 0 Å². The Kier molecular flexibility index (Phi) is 3.43. The van der Waals surface area contributed by atoms with Crippen LogP contribution in [0.25, 0.3) is 0 Å². The van der Waals surface area contributed by atoms with Crippen LogP contribution in [0.2, 0.25) is 5.02 Å². The van der Waals surface area contributed by atoms with Gasteiger partial charge in [-0.2, -0.15) is 0 Å². The van der Waals surface area contributed by atoms with Crippen LogP contribution >= 0.6 is 11.6 Å². The van der Waals surface area contributed by atoms with Crippen LogP contribution < -0.4 is 9.47 Å². The second kappa shape index (κ2) is 4.84. The van der Waals surface area contributed by atoms with Crippen molar-refractivity contribution in [2.75, 3.05) is 6.79 Å². The Morgan fingerprint density at radius 3 is 3.00 bits per heavy atom. The molecule has 0 spiro atoms. The zero-order valence-electron chi connectivity index (χ0n) is 9.46. The molecule has 92 valence electrons. The molecule has 4 nitrogen and oxygen atoms in total. The van der Waals surface area contributed by atoms with E-state index < -0.39 is 5.97 Å². The molecule has 0 fully saturated rings. The molecule has 0 unspecified atom stereocenters. The maximum atomic E-state index is 10.5. The van der Waals surface area contributed by atoms with Gasteiger partial charge in [-0.05, 0) is 37.0 Å². The first-order valence-electron chi connectivity index (χ1n) is 5.39. The predicted molar refractivity (Wildman–Crippen MR) is 62.9 cm³/mol. The zero-order valence-corrected chi connectivity index (χ0v) is 10.2. The summed E-state index contributed by atoms with van der Waals surface area (Å²) in [6.07, 6.45) is 1.34. The van der Waals surface area contributed by atoms with Gasteiger partial charge in [0.25, 0.3) is 0 Å². The maximum absolute atomic E-state index is 10.5. The van der Waals surface area contributed by atoms with E-state index in [9.17, 15) is 4.79 Å². The van der Waals surface area contributed by atoms with Crippen LogP contribution in [0.3, 0.4) is 0 Å². The van der Waals surface area contributed by atoms with E-state index in [1.54, 1.807) is 0 Å². The van der Waals surface area contributed by atoms with Crippen LogP contribution in [-0.2, 0) is 11.2 Å². The van der Waals surface area contributed by atoms with Gasteiger partial charge in [0.05, 0.1) is 5.02 Å². The molecule has 0 saturated carbocycles. The first kappa shape index (κ1) is 12.0. The normalized spacial score (nSPS) is 12.8. The van der Waals surface area contributed by atoms with Crippen molar-refractivity contribution < 1.29 is 19.4 Å². The van der Waals surface area contributed by atoms with Gasteiger partial charge in [-0.15, -0.1) is 0 Å². The third-order valence-corrected chi connectivity index (χ3v) is 3.15. The number of hydrogen-bond acceptors (Lipinski definition) is 3. The summed E-state index contributed by atoms with van der Waals surface area (Å²) in [5.74, 6) is 0.441. The van der Waals surface area contributed by atoms with Crippen LogP contribution in [0.5, 0.6) is 11.5 Å². The molecule has 1 aromatic rings. The number of carbonyl (C=O) groups is 1. The summed E-state index contributed by atoms with van der Waals surface area (Å²) in [5, 5.41) is 9.15. The average Bonchev–Trinajstić information content (AvgIpc) is 2.70. The summed E-state index contributed by atoms with van der Waals surface area (Å²) in [7, 11) is 0. The number of aliphatic carboxylic acids is 1.